The van der Waals surface area contributed by atoms with Gasteiger partial charge in [-0.25, -0.2) is 0 Å². The molecule has 0 aliphatic heterocycles. The van der Waals surface area contributed by atoms with Gasteiger partial charge in [0.25, 0.3) is 0 Å². The lowest BCUT2D eigenvalue weighted by Gasteiger charge is -2.09. The van der Waals surface area contributed by atoms with Crippen molar-refractivity contribution >= 4 is 23.2 Å². The van der Waals surface area contributed by atoms with Crippen LogP contribution in [0.4, 0.5) is 0 Å². The molecule has 0 bridgehead atoms. The zero-order chi connectivity index (χ0) is 14.0. The first-order chi connectivity index (χ1) is 9.04. The zero-order valence-electron chi connectivity index (χ0n) is 11.5. The van der Waals surface area contributed by atoms with Crippen molar-refractivity contribution in [3.8, 4) is 0 Å². The monoisotopic (exact) mass is 296 g/mol. The summed E-state index contributed by atoms with van der Waals surface area (Å²) in [6.07, 6.45) is 0.904. The Labute approximate surface area is 124 Å². The van der Waals surface area contributed by atoms with Crippen molar-refractivity contribution in [3.05, 3.63) is 51.8 Å². The molecule has 0 amide bonds. The smallest absolute Gasteiger partial charge is 0.0677 e. The summed E-state index contributed by atoms with van der Waals surface area (Å²) in [5.41, 5.74) is 4.35. The van der Waals surface area contributed by atoms with Crippen LogP contribution < -0.4 is 0 Å². The molecule has 1 unspecified atom stereocenters. The summed E-state index contributed by atoms with van der Waals surface area (Å²) in [7, 11) is 0. The number of benzene rings is 1. The number of hydrogen-bond acceptors (Lipinski definition) is 1. The molecule has 0 fully saturated rings. The lowest BCUT2D eigenvalue weighted by molar-refractivity contribution is 0.657. The molecule has 2 rings (SSSR count). The van der Waals surface area contributed by atoms with Gasteiger partial charge >= 0.3 is 0 Å². The van der Waals surface area contributed by atoms with Crippen LogP contribution in [0.1, 0.15) is 41.2 Å². The van der Waals surface area contributed by atoms with E-state index in [-0.39, 0.29) is 5.38 Å². The number of rotatable bonds is 4. The molecule has 1 aromatic carbocycles. The van der Waals surface area contributed by atoms with Crippen molar-refractivity contribution in [1.29, 1.82) is 0 Å². The van der Waals surface area contributed by atoms with Crippen LogP contribution in [-0.2, 0) is 6.54 Å². The van der Waals surface area contributed by atoms with Crippen LogP contribution in [0, 0.1) is 13.8 Å². The standard InChI is InChI=1S/C15H18Cl2N2/c1-4-13(16)15-10(2)18-19(11(15)3)9-12-7-5-6-8-14(12)17/h5-8,13H,4,9H2,1-3H3. The fourth-order valence-corrected chi connectivity index (χ4v) is 2.82. The molecule has 0 saturated heterocycles. The quantitative estimate of drug-likeness (QED) is 0.735. The zero-order valence-corrected chi connectivity index (χ0v) is 13.0. The minimum atomic E-state index is 0.0278. The number of aromatic nitrogens is 2. The van der Waals surface area contributed by atoms with E-state index in [1.165, 1.54) is 0 Å². The van der Waals surface area contributed by atoms with E-state index < -0.39 is 0 Å². The predicted molar refractivity (Wildman–Crippen MR) is 81.1 cm³/mol. The summed E-state index contributed by atoms with van der Waals surface area (Å²) < 4.78 is 1.98. The molecule has 0 saturated carbocycles. The Bertz CT molecular complexity index is 576. The third-order valence-electron chi connectivity index (χ3n) is 3.39. The Kier molecular flexibility index (Phi) is 4.54. The van der Waals surface area contributed by atoms with Gasteiger partial charge in [0, 0.05) is 16.3 Å². The Balaban J connectivity index is 2.35. The van der Waals surface area contributed by atoms with Gasteiger partial charge in [-0.05, 0) is 31.9 Å². The highest BCUT2D eigenvalue weighted by atomic mass is 35.5. The van der Waals surface area contributed by atoms with Crippen LogP contribution in [0.15, 0.2) is 24.3 Å². The molecule has 19 heavy (non-hydrogen) atoms. The Morgan fingerprint density at radius 2 is 1.95 bits per heavy atom. The molecule has 2 nitrogen and oxygen atoms in total. The van der Waals surface area contributed by atoms with E-state index in [1.54, 1.807) is 0 Å². The van der Waals surface area contributed by atoms with Gasteiger partial charge in [-0.15, -0.1) is 11.6 Å². The van der Waals surface area contributed by atoms with E-state index in [9.17, 15) is 0 Å². The average Bonchev–Trinajstić information content (AvgIpc) is 2.66. The maximum absolute atomic E-state index is 6.37. The minimum absolute atomic E-state index is 0.0278. The largest absolute Gasteiger partial charge is 0.265 e. The minimum Gasteiger partial charge on any atom is -0.265 e. The SMILES string of the molecule is CCC(Cl)c1c(C)nn(Cc2ccccc2Cl)c1C. The van der Waals surface area contributed by atoms with Crippen LogP contribution in [-0.4, -0.2) is 9.78 Å². The first-order valence-electron chi connectivity index (χ1n) is 6.46. The Morgan fingerprint density at radius 1 is 1.26 bits per heavy atom. The molecule has 2 aromatic rings. The normalized spacial score (nSPS) is 12.7. The summed E-state index contributed by atoms with van der Waals surface area (Å²) in [5.74, 6) is 0. The second kappa shape index (κ2) is 5.98. The molecule has 102 valence electrons. The third-order valence-corrected chi connectivity index (χ3v) is 4.28. The summed E-state index contributed by atoms with van der Waals surface area (Å²) in [4.78, 5) is 0. The maximum atomic E-state index is 6.37. The van der Waals surface area contributed by atoms with Gasteiger partial charge < -0.3 is 0 Å². The van der Waals surface area contributed by atoms with Crippen LogP contribution in [0.3, 0.4) is 0 Å². The van der Waals surface area contributed by atoms with Gasteiger partial charge in [-0.2, -0.15) is 5.10 Å². The molecular weight excluding hydrogens is 279 g/mol. The van der Waals surface area contributed by atoms with Gasteiger partial charge in [0.15, 0.2) is 0 Å². The van der Waals surface area contributed by atoms with Crippen molar-refractivity contribution in [1.82, 2.24) is 9.78 Å². The number of nitrogens with zero attached hydrogens (tertiary/aromatic N) is 2. The topological polar surface area (TPSA) is 17.8 Å². The molecule has 1 atom stereocenters. The maximum Gasteiger partial charge on any atom is 0.0677 e. The van der Waals surface area contributed by atoms with Crippen LogP contribution in [0.25, 0.3) is 0 Å². The van der Waals surface area contributed by atoms with Crippen molar-refractivity contribution in [2.75, 3.05) is 0 Å². The van der Waals surface area contributed by atoms with Crippen LogP contribution in [0.5, 0.6) is 0 Å². The highest BCUT2D eigenvalue weighted by molar-refractivity contribution is 6.31. The summed E-state index contributed by atoms with van der Waals surface area (Å²) in [6, 6.07) is 7.85. The Hall–Kier alpha value is -0.990. The lowest BCUT2D eigenvalue weighted by Crippen LogP contribution is -2.05. The van der Waals surface area contributed by atoms with E-state index in [0.717, 1.165) is 34.0 Å². The lowest BCUT2D eigenvalue weighted by atomic mass is 10.1. The summed E-state index contributed by atoms with van der Waals surface area (Å²) >= 11 is 12.6. The van der Waals surface area contributed by atoms with Gasteiger partial charge in [-0.1, -0.05) is 36.7 Å². The number of halogens is 2. The molecule has 0 aliphatic carbocycles. The van der Waals surface area contributed by atoms with Gasteiger partial charge in [0.1, 0.15) is 0 Å². The third kappa shape index (κ3) is 2.96. The molecule has 0 radical (unpaired) electrons. The molecule has 0 aliphatic rings. The second-order valence-electron chi connectivity index (χ2n) is 4.71. The fraction of sp³-hybridized carbons (Fsp3) is 0.400. The van der Waals surface area contributed by atoms with E-state index in [4.69, 9.17) is 23.2 Å². The highest BCUT2D eigenvalue weighted by Gasteiger charge is 2.18. The van der Waals surface area contributed by atoms with E-state index in [2.05, 4.69) is 18.9 Å². The van der Waals surface area contributed by atoms with Gasteiger partial charge in [0.05, 0.1) is 17.6 Å². The second-order valence-corrected chi connectivity index (χ2v) is 5.64. The van der Waals surface area contributed by atoms with Crippen molar-refractivity contribution in [2.45, 2.75) is 39.1 Å². The first kappa shape index (κ1) is 14.4. The van der Waals surface area contributed by atoms with E-state index in [1.807, 2.05) is 35.9 Å². The number of hydrogen-bond donors (Lipinski definition) is 0. The molecule has 4 heteroatoms. The van der Waals surface area contributed by atoms with E-state index in [0.29, 0.717) is 6.54 Å². The fourth-order valence-electron chi connectivity index (χ4n) is 2.31. The van der Waals surface area contributed by atoms with Crippen molar-refractivity contribution in [3.63, 3.8) is 0 Å². The molecule has 0 spiro atoms. The first-order valence-corrected chi connectivity index (χ1v) is 7.27. The van der Waals surface area contributed by atoms with Gasteiger partial charge in [-0.3, -0.25) is 4.68 Å². The molecular formula is C15H18Cl2N2. The predicted octanol–water partition coefficient (Wildman–Crippen LogP) is 4.89. The highest BCUT2D eigenvalue weighted by Crippen LogP contribution is 2.30. The number of alkyl halides is 1. The van der Waals surface area contributed by atoms with Crippen molar-refractivity contribution in [2.24, 2.45) is 0 Å². The van der Waals surface area contributed by atoms with Crippen molar-refractivity contribution < 1.29 is 0 Å². The molecule has 1 aromatic heterocycles. The van der Waals surface area contributed by atoms with Crippen LogP contribution >= 0.6 is 23.2 Å². The summed E-state index contributed by atoms with van der Waals surface area (Å²) in [6.45, 7) is 6.84. The Morgan fingerprint density at radius 3 is 2.58 bits per heavy atom. The molecule has 0 N–H and O–H groups in total. The van der Waals surface area contributed by atoms with E-state index >= 15 is 0 Å². The van der Waals surface area contributed by atoms with Gasteiger partial charge in [0.2, 0.25) is 0 Å². The molecule has 1 heterocycles. The average molecular weight is 297 g/mol. The van der Waals surface area contributed by atoms with Crippen LogP contribution in [0.2, 0.25) is 5.02 Å². The summed E-state index contributed by atoms with van der Waals surface area (Å²) in [5, 5.41) is 5.39. The number of aryl methyl sites for hydroxylation is 1.